The molecule has 0 bridgehead atoms. The average molecular weight is 675 g/mol. The summed E-state index contributed by atoms with van der Waals surface area (Å²) in [7, 11) is 0. The van der Waals surface area contributed by atoms with Gasteiger partial charge in [0.15, 0.2) is 5.65 Å². The number of rotatable bonds is 13. The molecule has 49 heavy (non-hydrogen) atoms. The SMILES string of the molecule is CCOc1cccc(Cn2ncc3c(N4CCN(C(=O)N5CCC(CN(CCN(C(C)C)C(C)C)C(=O)C6CC6)CC5)CC4)ncnc32)n1. The third kappa shape index (κ3) is 8.42. The van der Waals surface area contributed by atoms with Gasteiger partial charge in [-0.1, -0.05) is 6.07 Å². The number of ether oxygens (including phenoxy) is 1. The van der Waals surface area contributed by atoms with E-state index in [2.05, 4.69) is 62.4 Å². The van der Waals surface area contributed by atoms with Crippen molar-refractivity contribution in [2.45, 2.75) is 78.9 Å². The highest BCUT2D eigenvalue weighted by Crippen LogP contribution is 2.32. The molecule has 3 amide bonds. The summed E-state index contributed by atoms with van der Waals surface area (Å²) in [6.07, 6.45) is 7.34. The topological polar surface area (TPSA) is 116 Å². The summed E-state index contributed by atoms with van der Waals surface area (Å²) in [6, 6.07) is 6.77. The van der Waals surface area contributed by atoms with Crippen LogP contribution in [0.4, 0.5) is 10.6 Å². The highest BCUT2D eigenvalue weighted by Gasteiger charge is 2.36. The minimum Gasteiger partial charge on any atom is -0.478 e. The van der Waals surface area contributed by atoms with Crippen LogP contribution in [0, 0.1) is 11.8 Å². The van der Waals surface area contributed by atoms with Crippen LogP contribution in [-0.4, -0.2) is 134 Å². The molecule has 0 radical (unpaired) electrons. The zero-order chi connectivity index (χ0) is 34.5. The van der Waals surface area contributed by atoms with Gasteiger partial charge in [0.1, 0.15) is 12.1 Å². The first-order chi connectivity index (χ1) is 23.7. The quantitative estimate of drug-likeness (QED) is 0.266. The zero-order valence-corrected chi connectivity index (χ0v) is 30.0. The molecule has 13 heteroatoms. The normalized spacial score (nSPS) is 17.5. The van der Waals surface area contributed by atoms with E-state index in [4.69, 9.17) is 4.74 Å². The number of hydrogen-bond acceptors (Lipinski definition) is 9. The van der Waals surface area contributed by atoms with Gasteiger partial charge >= 0.3 is 6.03 Å². The van der Waals surface area contributed by atoms with Gasteiger partial charge in [-0.15, -0.1) is 0 Å². The molecule has 5 heterocycles. The monoisotopic (exact) mass is 674 g/mol. The number of anilines is 1. The fraction of sp³-hybridized carbons (Fsp3) is 0.667. The molecule has 266 valence electrons. The van der Waals surface area contributed by atoms with Crippen LogP contribution < -0.4 is 9.64 Å². The lowest BCUT2D eigenvalue weighted by molar-refractivity contribution is -0.133. The molecule has 13 nitrogen and oxygen atoms in total. The van der Waals surface area contributed by atoms with Crippen molar-refractivity contribution >= 4 is 28.8 Å². The summed E-state index contributed by atoms with van der Waals surface area (Å²) in [5, 5.41) is 5.50. The van der Waals surface area contributed by atoms with Crippen LogP contribution in [0.5, 0.6) is 5.88 Å². The van der Waals surface area contributed by atoms with Gasteiger partial charge in [-0.3, -0.25) is 9.69 Å². The second kappa shape index (κ2) is 15.7. The summed E-state index contributed by atoms with van der Waals surface area (Å²) >= 11 is 0. The lowest BCUT2D eigenvalue weighted by atomic mass is 9.96. The molecule has 0 spiro atoms. The summed E-state index contributed by atoms with van der Waals surface area (Å²) < 4.78 is 7.40. The standard InChI is InChI=1S/C36H54N10O3/c1-6-49-32-9-7-8-30(40-32)24-46-34-31(22-39-46)33(37-25-38-34)41-16-18-43(19-17-41)36(48)42-14-12-28(13-15-42)23-44(35(47)29-10-11-29)20-21-45(26(2)3)27(4)5/h7-9,22,25-29H,6,10-21,23-24H2,1-5H3. The lowest BCUT2D eigenvalue weighted by Gasteiger charge is -2.41. The fourth-order valence-corrected chi connectivity index (χ4v) is 7.33. The fourth-order valence-electron chi connectivity index (χ4n) is 7.33. The van der Waals surface area contributed by atoms with E-state index in [0.29, 0.717) is 69.1 Å². The number of likely N-dealkylation sites (tertiary alicyclic amines) is 1. The first kappa shape index (κ1) is 34.8. The molecule has 3 fully saturated rings. The molecule has 6 rings (SSSR count). The minimum atomic E-state index is 0.121. The number of piperazine rings is 1. The molecule has 2 aliphatic heterocycles. The number of amides is 3. The van der Waals surface area contributed by atoms with E-state index in [1.54, 1.807) is 6.33 Å². The Hall–Kier alpha value is -4.00. The molecule has 0 atom stereocenters. The third-order valence-electron chi connectivity index (χ3n) is 10.2. The Balaban J connectivity index is 1.00. The number of fused-ring (bicyclic) bond motifs is 1. The third-order valence-corrected chi connectivity index (χ3v) is 10.2. The summed E-state index contributed by atoms with van der Waals surface area (Å²) in [5.41, 5.74) is 1.60. The van der Waals surface area contributed by atoms with E-state index in [1.165, 1.54) is 0 Å². The Labute approximate surface area is 290 Å². The van der Waals surface area contributed by atoms with E-state index < -0.39 is 0 Å². The predicted octanol–water partition coefficient (Wildman–Crippen LogP) is 3.98. The van der Waals surface area contributed by atoms with E-state index >= 15 is 0 Å². The van der Waals surface area contributed by atoms with Crippen LogP contribution in [-0.2, 0) is 11.3 Å². The van der Waals surface area contributed by atoms with Crippen LogP contribution in [0.3, 0.4) is 0 Å². The molecule has 0 unspecified atom stereocenters. The second-order valence-electron chi connectivity index (χ2n) is 14.3. The molecule has 1 aliphatic carbocycles. The average Bonchev–Trinajstić information content (AvgIpc) is 3.88. The van der Waals surface area contributed by atoms with Crippen LogP contribution >= 0.6 is 0 Å². The molecular formula is C36H54N10O3. The number of piperidine rings is 1. The number of nitrogens with zero attached hydrogens (tertiary/aromatic N) is 10. The van der Waals surface area contributed by atoms with Crippen LogP contribution in [0.25, 0.3) is 11.0 Å². The van der Waals surface area contributed by atoms with Gasteiger partial charge in [-0.05, 0) is 72.3 Å². The Morgan fingerprint density at radius 3 is 2.31 bits per heavy atom. The van der Waals surface area contributed by atoms with Crippen molar-refractivity contribution in [3.8, 4) is 5.88 Å². The van der Waals surface area contributed by atoms with Gasteiger partial charge < -0.3 is 24.3 Å². The van der Waals surface area contributed by atoms with Crippen LogP contribution in [0.1, 0.15) is 66.0 Å². The number of hydrogen-bond donors (Lipinski definition) is 0. The molecule has 3 aromatic rings. The van der Waals surface area contributed by atoms with Crippen LogP contribution in [0.15, 0.2) is 30.7 Å². The molecular weight excluding hydrogens is 620 g/mol. The van der Waals surface area contributed by atoms with Crippen molar-refractivity contribution in [1.29, 1.82) is 0 Å². The maximum Gasteiger partial charge on any atom is 0.320 e. The summed E-state index contributed by atoms with van der Waals surface area (Å²) in [6.45, 7) is 18.5. The molecule has 3 aromatic heterocycles. The lowest BCUT2D eigenvalue weighted by Crippen LogP contribution is -2.54. The maximum absolute atomic E-state index is 13.6. The van der Waals surface area contributed by atoms with Gasteiger partial charge in [0.05, 0.1) is 30.4 Å². The molecule has 2 saturated heterocycles. The Morgan fingerprint density at radius 2 is 1.63 bits per heavy atom. The first-order valence-corrected chi connectivity index (χ1v) is 18.3. The number of aromatic nitrogens is 5. The summed E-state index contributed by atoms with van der Waals surface area (Å²) in [5.74, 6) is 2.43. The Bertz CT molecular complexity index is 1550. The molecule has 1 saturated carbocycles. The van der Waals surface area contributed by atoms with Crippen molar-refractivity contribution < 1.29 is 14.3 Å². The van der Waals surface area contributed by atoms with E-state index in [9.17, 15) is 9.59 Å². The van der Waals surface area contributed by atoms with Crippen LogP contribution in [0.2, 0.25) is 0 Å². The molecule has 3 aliphatic rings. The van der Waals surface area contributed by atoms with Crippen molar-refractivity contribution in [1.82, 2.24) is 44.3 Å². The van der Waals surface area contributed by atoms with Gasteiger partial charge in [-0.2, -0.15) is 5.10 Å². The highest BCUT2D eigenvalue weighted by molar-refractivity contribution is 5.87. The smallest absolute Gasteiger partial charge is 0.320 e. The Kier molecular flexibility index (Phi) is 11.2. The van der Waals surface area contributed by atoms with E-state index in [0.717, 1.165) is 81.0 Å². The van der Waals surface area contributed by atoms with Crippen molar-refractivity contribution in [3.63, 3.8) is 0 Å². The second-order valence-corrected chi connectivity index (χ2v) is 14.3. The maximum atomic E-state index is 13.6. The number of carbonyl (C=O) groups is 2. The Morgan fingerprint density at radius 1 is 0.918 bits per heavy atom. The van der Waals surface area contributed by atoms with Crippen molar-refractivity contribution in [3.05, 3.63) is 36.4 Å². The van der Waals surface area contributed by atoms with Crippen molar-refractivity contribution in [2.24, 2.45) is 11.8 Å². The van der Waals surface area contributed by atoms with Gasteiger partial charge in [0, 0.05) is 83.0 Å². The highest BCUT2D eigenvalue weighted by atomic mass is 16.5. The zero-order valence-electron chi connectivity index (χ0n) is 30.0. The molecule has 0 aromatic carbocycles. The van der Waals surface area contributed by atoms with Gasteiger partial charge in [0.2, 0.25) is 11.8 Å². The predicted molar refractivity (Wildman–Crippen MR) is 190 cm³/mol. The number of pyridine rings is 1. The molecule has 0 N–H and O–H groups in total. The van der Waals surface area contributed by atoms with Gasteiger partial charge in [-0.25, -0.2) is 24.4 Å². The van der Waals surface area contributed by atoms with Gasteiger partial charge in [0.25, 0.3) is 0 Å². The van der Waals surface area contributed by atoms with E-state index in [1.807, 2.05) is 45.8 Å². The number of urea groups is 1. The largest absolute Gasteiger partial charge is 0.478 e. The first-order valence-electron chi connectivity index (χ1n) is 18.3. The summed E-state index contributed by atoms with van der Waals surface area (Å²) in [4.78, 5) is 51.4. The van der Waals surface area contributed by atoms with Crippen molar-refractivity contribution in [2.75, 3.05) is 70.4 Å². The van der Waals surface area contributed by atoms with E-state index in [-0.39, 0.29) is 11.9 Å². The number of carbonyl (C=O) groups excluding carboxylic acids is 2. The minimum absolute atomic E-state index is 0.121.